The number of H-pyrrole nitrogens is 1. The molecule has 0 radical (unpaired) electrons. The van der Waals surface area contributed by atoms with Crippen LogP contribution in [-0.2, 0) is 14.1 Å². The fourth-order valence-corrected chi connectivity index (χ4v) is 4.62. The van der Waals surface area contributed by atoms with Gasteiger partial charge in [-0.1, -0.05) is 0 Å². The van der Waals surface area contributed by atoms with E-state index in [1.54, 1.807) is 40.4 Å². The van der Waals surface area contributed by atoms with Crippen LogP contribution in [0.4, 0.5) is 0 Å². The molecule has 0 saturated carbocycles. The minimum atomic E-state index is -0.159. The Morgan fingerprint density at radius 3 is 2.62 bits per heavy atom. The summed E-state index contributed by atoms with van der Waals surface area (Å²) >= 11 is 0. The largest absolute Gasteiger partial charge is 0.496 e. The lowest BCUT2D eigenvalue weighted by atomic mass is 10.0. The van der Waals surface area contributed by atoms with Gasteiger partial charge in [-0.25, -0.2) is 14.8 Å². The van der Waals surface area contributed by atoms with Crippen molar-refractivity contribution in [3.8, 4) is 22.6 Å². The summed E-state index contributed by atoms with van der Waals surface area (Å²) < 4.78 is 10.7. The first-order valence-electron chi connectivity index (χ1n) is 10.8. The lowest BCUT2D eigenvalue weighted by Gasteiger charge is -2.12. The van der Waals surface area contributed by atoms with Gasteiger partial charge in [-0.2, -0.15) is 5.10 Å². The molecule has 0 aliphatic rings. The third-order valence-electron chi connectivity index (χ3n) is 6.20. The summed E-state index contributed by atoms with van der Waals surface area (Å²) in [4.78, 5) is 30.1. The van der Waals surface area contributed by atoms with Crippen LogP contribution in [0.3, 0.4) is 0 Å². The van der Waals surface area contributed by atoms with Gasteiger partial charge in [0.15, 0.2) is 5.65 Å². The average molecular weight is 454 g/mol. The van der Waals surface area contributed by atoms with E-state index < -0.39 is 0 Å². The van der Waals surface area contributed by atoms with Gasteiger partial charge in [-0.05, 0) is 26.0 Å². The Bertz CT molecular complexity index is 1820. The topological polar surface area (TPSA) is 108 Å². The number of methoxy groups -OCH3 is 1. The van der Waals surface area contributed by atoms with Crippen LogP contribution in [0.5, 0.6) is 5.75 Å². The summed E-state index contributed by atoms with van der Waals surface area (Å²) in [5.74, 6) is 1.47. The second-order valence-corrected chi connectivity index (χ2v) is 8.43. The number of aryl methyl sites for hydroxylation is 4. The number of hydrogen-bond donors (Lipinski definition) is 1. The number of rotatable bonds is 3. The predicted octanol–water partition coefficient (Wildman–Crippen LogP) is 3.17. The first kappa shape index (κ1) is 20.2. The quantitative estimate of drug-likeness (QED) is 0.440. The maximum Gasteiger partial charge on any atom is 0.333 e. The molecule has 34 heavy (non-hydrogen) atoms. The van der Waals surface area contributed by atoms with Crippen LogP contribution in [-0.4, -0.2) is 46.0 Å². The third-order valence-corrected chi connectivity index (χ3v) is 6.20. The minimum absolute atomic E-state index is 0.159. The van der Waals surface area contributed by atoms with Gasteiger partial charge in [0.25, 0.3) is 0 Å². The van der Waals surface area contributed by atoms with E-state index in [0.717, 1.165) is 55.8 Å². The van der Waals surface area contributed by atoms with Crippen molar-refractivity contribution in [2.45, 2.75) is 13.8 Å². The molecule has 10 nitrogen and oxygen atoms in total. The van der Waals surface area contributed by atoms with Gasteiger partial charge in [0.2, 0.25) is 0 Å². The van der Waals surface area contributed by atoms with Crippen LogP contribution in [0.2, 0.25) is 0 Å². The molecule has 0 bridgehead atoms. The summed E-state index contributed by atoms with van der Waals surface area (Å²) in [7, 11) is 5.23. The van der Waals surface area contributed by atoms with Gasteiger partial charge in [0, 0.05) is 49.1 Å². The van der Waals surface area contributed by atoms with Crippen molar-refractivity contribution < 1.29 is 4.74 Å². The molecule has 0 amide bonds. The zero-order valence-corrected chi connectivity index (χ0v) is 19.4. The highest BCUT2D eigenvalue weighted by Gasteiger charge is 2.21. The molecular weight excluding hydrogens is 432 g/mol. The zero-order valence-electron chi connectivity index (χ0n) is 19.4. The Morgan fingerprint density at radius 1 is 1.06 bits per heavy atom. The third kappa shape index (κ3) is 2.78. The van der Waals surface area contributed by atoms with Crippen LogP contribution in [0.25, 0.3) is 49.9 Å². The molecular formula is C24H22N8O2. The zero-order chi connectivity index (χ0) is 23.7. The van der Waals surface area contributed by atoms with Crippen molar-refractivity contribution >= 4 is 33.1 Å². The number of nitrogens with zero attached hydrogens (tertiary/aromatic N) is 7. The number of fused-ring (bicyclic) bond motifs is 4. The van der Waals surface area contributed by atoms with Crippen LogP contribution >= 0.6 is 0 Å². The van der Waals surface area contributed by atoms with E-state index in [1.165, 1.54) is 0 Å². The molecule has 10 heteroatoms. The molecule has 5 aromatic heterocycles. The smallest absolute Gasteiger partial charge is 0.333 e. The van der Waals surface area contributed by atoms with Crippen molar-refractivity contribution in [1.82, 2.24) is 38.9 Å². The Balaban J connectivity index is 1.72. The molecule has 0 aliphatic carbocycles. The molecule has 1 N–H and O–H groups in total. The van der Waals surface area contributed by atoms with Gasteiger partial charge >= 0.3 is 5.69 Å². The second-order valence-electron chi connectivity index (χ2n) is 8.43. The van der Waals surface area contributed by atoms with E-state index in [2.05, 4.69) is 25.0 Å². The van der Waals surface area contributed by atoms with E-state index >= 15 is 0 Å². The van der Waals surface area contributed by atoms with Crippen molar-refractivity contribution in [3.05, 3.63) is 58.8 Å². The number of imidazole rings is 2. The van der Waals surface area contributed by atoms with Crippen LogP contribution < -0.4 is 10.4 Å². The summed E-state index contributed by atoms with van der Waals surface area (Å²) in [6, 6.07) is 5.91. The van der Waals surface area contributed by atoms with E-state index in [4.69, 9.17) is 4.74 Å². The number of ether oxygens (including phenoxy) is 1. The summed E-state index contributed by atoms with van der Waals surface area (Å²) in [5, 5.41) is 5.27. The molecule has 0 fully saturated rings. The molecule has 0 unspecified atom stereocenters. The van der Waals surface area contributed by atoms with Crippen molar-refractivity contribution in [3.63, 3.8) is 0 Å². The van der Waals surface area contributed by atoms with E-state index in [1.807, 2.05) is 45.3 Å². The first-order valence-corrected chi connectivity index (χ1v) is 10.8. The summed E-state index contributed by atoms with van der Waals surface area (Å²) in [6.45, 7) is 3.79. The van der Waals surface area contributed by atoms with Crippen molar-refractivity contribution in [1.29, 1.82) is 0 Å². The number of hydrogen-bond acceptors (Lipinski definition) is 6. The van der Waals surface area contributed by atoms with Crippen molar-refractivity contribution in [2.24, 2.45) is 14.1 Å². The molecule has 0 aliphatic heterocycles. The predicted molar refractivity (Wildman–Crippen MR) is 129 cm³/mol. The van der Waals surface area contributed by atoms with Gasteiger partial charge in [0.1, 0.15) is 11.6 Å². The van der Waals surface area contributed by atoms with Crippen LogP contribution in [0, 0.1) is 13.8 Å². The fraction of sp³-hybridized carbons (Fsp3) is 0.208. The fourth-order valence-electron chi connectivity index (χ4n) is 4.62. The summed E-state index contributed by atoms with van der Waals surface area (Å²) in [5.41, 5.74) is 6.78. The number of aromatic nitrogens is 8. The van der Waals surface area contributed by atoms with E-state index in [0.29, 0.717) is 11.4 Å². The average Bonchev–Trinajstić information content (AvgIpc) is 3.44. The normalized spacial score (nSPS) is 11.8. The number of nitrogens with one attached hydrogen (secondary N) is 1. The number of benzene rings is 1. The standard InChI is InChI=1S/C24H22N8O2/c1-12-20(11-30(3)29-12)32-22-16-7-15(14-6-18-23(26-9-14)28-13(2)27-18)21(34-5)8-17(16)25-10-19(22)31(4)24(32)33/h6-11H,1-5H3,(H,26,27,28). The van der Waals surface area contributed by atoms with E-state index in [-0.39, 0.29) is 5.69 Å². The highest BCUT2D eigenvalue weighted by atomic mass is 16.5. The van der Waals surface area contributed by atoms with Crippen LogP contribution in [0.15, 0.2) is 41.6 Å². The maximum absolute atomic E-state index is 13.3. The van der Waals surface area contributed by atoms with Gasteiger partial charge in [-0.3, -0.25) is 18.8 Å². The minimum Gasteiger partial charge on any atom is -0.496 e. The lowest BCUT2D eigenvalue weighted by molar-refractivity contribution is 0.417. The van der Waals surface area contributed by atoms with Gasteiger partial charge in [0.05, 0.1) is 46.8 Å². The summed E-state index contributed by atoms with van der Waals surface area (Å²) in [6.07, 6.45) is 5.36. The van der Waals surface area contributed by atoms with Gasteiger partial charge in [-0.15, -0.1) is 0 Å². The van der Waals surface area contributed by atoms with Crippen LogP contribution in [0.1, 0.15) is 11.5 Å². The second kappa shape index (κ2) is 7.01. The molecule has 0 saturated heterocycles. The Labute approximate surface area is 193 Å². The lowest BCUT2D eigenvalue weighted by Crippen LogP contribution is -2.21. The Kier molecular flexibility index (Phi) is 4.16. The molecule has 170 valence electrons. The number of pyridine rings is 2. The monoisotopic (exact) mass is 454 g/mol. The first-order chi connectivity index (χ1) is 16.4. The highest BCUT2D eigenvalue weighted by molar-refractivity contribution is 6.06. The number of aromatic amines is 1. The van der Waals surface area contributed by atoms with Gasteiger partial charge < -0.3 is 9.72 Å². The molecule has 0 spiro atoms. The maximum atomic E-state index is 13.3. The highest BCUT2D eigenvalue weighted by Crippen LogP contribution is 2.37. The Morgan fingerprint density at radius 2 is 1.88 bits per heavy atom. The molecule has 6 aromatic rings. The molecule has 6 rings (SSSR count). The Hall–Kier alpha value is -4.47. The molecule has 0 atom stereocenters. The SMILES string of the molecule is COc1cc2ncc3c(c2cc1-c1cnc2nc(C)[nH]c2c1)n(-c1cn(C)nc1C)c(=O)n3C. The molecule has 1 aromatic carbocycles. The molecule has 5 heterocycles. The van der Waals surface area contributed by atoms with E-state index in [9.17, 15) is 4.79 Å². The van der Waals surface area contributed by atoms with Crippen molar-refractivity contribution in [2.75, 3.05) is 7.11 Å².